The summed E-state index contributed by atoms with van der Waals surface area (Å²) < 4.78 is 5.28. The lowest BCUT2D eigenvalue weighted by molar-refractivity contribution is -0.125. The van der Waals surface area contributed by atoms with Crippen LogP contribution in [0.5, 0.6) is 0 Å². The molecule has 0 unspecified atom stereocenters. The van der Waals surface area contributed by atoms with Crippen molar-refractivity contribution in [1.29, 1.82) is 0 Å². The van der Waals surface area contributed by atoms with Gasteiger partial charge in [-0.2, -0.15) is 4.98 Å². The molecular formula is C20H22N6O2. The second-order valence-electron chi connectivity index (χ2n) is 6.75. The van der Waals surface area contributed by atoms with Crippen molar-refractivity contribution >= 4 is 11.9 Å². The van der Waals surface area contributed by atoms with Crippen LogP contribution in [0.2, 0.25) is 0 Å². The first-order chi connectivity index (χ1) is 13.8. The molecule has 4 rings (SSSR count). The maximum Gasteiger partial charge on any atom is 0.228 e. The van der Waals surface area contributed by atoms with E-state index in [0.29, 0.717) is 37.2 Å². The van der Waals surface area contributed by atoms with Crippen molar-refractivity contribution in [1.82, 2.24) is 25.4 Å². The van der Waals surface area contributed by atoms with Crippen LogP contribution in [-0.4, -0.2) is 45.7 Å². The highest BCUT2D eigenvalue weighted by Crippen LogP contribution is 2.20. The van der Waals surface area contributed by atoms with Crippen LogP contribution >= 0.6 is 0 Å². The first kappa shape index (κ1) is 18.1. The third-order valence-corrected chi connectivity index (χ3v) is 4.77. The smallest absolute Gasteiger partial charge is 0.228 e. The van der Waals surface area contributed by atoms with E-state index in [9.17, 15) is 4.79 Å². The number of benzene rings is 1. The summed E-state index contributed by atoms with van der Waals surface area (Å²) in [7, 11) is 0. The van der Waals surface area contributed by atoms with Gasteiger partial charge in [-0.15, -0.1) is 0 Å². The van der Waals surface area contributed by atoms with Crippen molar-refractivity contribution in [2.45, 2.75) is 19.3 Å². The van der Waals surface area contributed by atoms with Gasteiger partial charge in [-0.25, -0.2) is 9.97 Å². The summed E-state index contributed by atoms with van der Waals surface area (Å²) >= 11 is 0. The van der Waals surface area contributed by atoms with Gasteiger partial charge in [-0.05, 0) is 18.9 Å². The Morgan fingerprint density at radius 1 is 1.18 bits per heavy atom. The summed E-state index contributed by atoms with van der Waals surface area (Å²) in [6, 6.07) is 11.5. The molecule has 1 saturated heterocycles. The van der Waals surface area contributed by atoms with Crippen molar-refractivity contribution < 1.29 is 9.32 Å². The molecule has 2 aromatic heterocycles. The maximum atomic E-state index is 12.5. The average molecular weight is 378 g/mol. The summed E-state index contributed by atoms with van der Waals surface area (Å²) in [6.45, 7) is 1.97. The van der Waals surface area contributed by atoms with Gasteiger partial charge in [0.25, 0.3) is 0 Å². The van der Waals surface area contributed by atoms with E-state index >= 15 is 0 Å². The fourth-order valence-corrected chi connectivity index (χ4v) is 3.33. The molecule has 1 atom stereocenters. The number of nitrogens with one attached hydrogen (secondary N) is 1. The Balaban J connectivity index is 1.27. The average Bonchev–Trinajstić information content (AvgIpc) is 3.24. The molecule has 28 heavy (non-hydrogen) atoms. The van der Waals surface area contributed by atoms with Gasteiger partial charge in [-0.3, -0.25) is 4.79 Å². The Morgan fingerprint density at radius 2 is 2.00 bits per heavy atom. The van der Waals surface area contributed by atoms with Gasteiger partial charge in [0.05, 0.1) is 5.92 Å². The van der Waals surface area contributed by atoms with Crippen molar-refractivity contribution in [3.8, 4) is 11.4 Å². The van der Waals surface area contributed by atoms with Crippen molar-refractivity contribution in [3.05, 3.63) is 54.7 Å². The minimum absolute atomic E-state index is 0.0448. The van der Waals surface area contributed by atoms with Gasteiger partial charge in [0.15, 0.2) is 0 Å². The van der Waals surface area contributed by atoms with Crippen LogP contribution in [0.1, 0.15) is 18.7 Å². The normalized spacial score (nSPS) is 16.7. The van der Waals surface area contributed by atoms with E-state index in [1.165, 1.54) is 0 Å². The number of nitrogens with zero attached hydrogens (tertiary/aromatic N) is 5. The molecule has 8 nitrogen and oxygen atoms in total. The lowest BCUT2D eigenvalue weighted by atomic mass is 9.97. The van der Waals surface area contributed by atoms with Crippen molar-refractivity contribution in [2.75, 3.05) is 24.5 Å². The molecule has 144 valence electrons. The first-order valence-electron chi connectivity index (χ1n) is 9.47. The molecule has 1 amide bonds. The highest BCUT2D eigenvalue weighted by Gasteiger charge is 2.26. The Bertz CT molecular complexity index is 899. The van der Waals surface area contributed by atoms with Crippen LogP contribution in [0.25, 0.3) is 11.4 Å². The van der Waals surface area contributed by atoms with Gasteiger partial charge >= 0.3 is 0 Å². The SMILES string of the molecule is O=C(NCCc1nc(-c2ccccc2)no1)[C@@H]1CCCN(c2ncccn2)C1. The predicted molar refractivity (Wildman–Crippen MR) is 103 cm³/mol. The second-order valence-corrected chi connectivity index (χ2v) is 6.75. The molecule has 1 N–H and O–H groups in total. The van der Waals surface area contributed by atoms with E-state index in [1.807, 2.05) is 30.3 Å². The van der Waals surface area contributed by atoms with Crippen molar-refractivity contribution in [3.63, 3.8) is 0 Å². The maximum absolute atomic E-state index is 12.5. The highest BCUT2D eigenvalue weighted by atomic mass is 16.5. The zero-order valence-electron chi connectivity index (χ0n) is 15.5. The number of carbonyl (C=O) groups excluding carboxylic acids is 1. The summed E-state index contributed by atoms with van der Waals surface area (Å²) in [4.78, 5) is 27.6. The summed E-state index contributed by atoms with van der Waals surface area (Å²) in [5.74, 6) is 1.73. The number of hydrogen-bond donors (Lipinski definition) is 1. The number of anilines is 1. The monoisotopic (exact) mass is 378 g/mol. The van der Waals surface area contributed by atoms with E-state index in [1.54, 1.807) is 18.5 Å². The second kappa shape index (κ2) is 8.60. The Hall–Kier alpha value is -3.29. The van der Waals surface area contributed by atoms with E-state index in [4.69, 9.17) is 4.52 Å². The van der Waals surface area contributed by atoms with Gasteiger partial charge < -0.3 is 14.7 Å². The van der Waals surface area contributed by atoms with Crippen LogP contribution in [0.4, 0.5) is 5.95 Å². The van der Waals surface area contributed by atoms with Crippen molar-refractivity contribution in [2.24, 2.45) is 5.92 Å². The molecule has 0 spiro atoms. The predicted octanol–water partition coefficient (Wildman–Crippen LogP) is 2.10. The fourth-order valence-electron chi connectivity index (χ4n) is 3.33. The Kier molecular flexibility index (Phi) is 5.56. The topological polar surface area (TPSA) is 97.0 Å². The van der Waals surface area contributed by atoms with E-state index in [-0.39, 0.29) is 11.8 Å². The van der Waals surface area contributed by atoms with Gasteiger partial charge in [0.2, 0.25) is 23.6 Å². The number of carbonyl (C=O) groups is 1. The zero-order valence-corrected chi connectivity index (χ0v) is 15.5. The van der Waals surface area contributed by atoms with Crippen LogP contribution in [0.15, 0.2) is 53.3 Å². The lowest BCUT2D eigenvalue weighted by Crippen LogP contribution is -2.44. The first-order valence-corrected chi connectivity index (χ1v) is 9.47. The van der Waals surface area contributed by atoms with Crippen LogP contribution in [-0.2, 0) is 11.2 Å². The molecule has 0 bridgehead atoms. The molecule has 1 fully saturated rings. The molecular weight excluding hydrogens is 356 g/mol. The highest BCUT2D eigenvalue weighted by molar-refractivity contribution is 5.79. The number of rotatable bonds is 6. The van der Waals surface area contributed by atoms with E-state index < -0.39 is 0 Å². The Labute approximate surface area is 163 Å². The Morgan fingerprint density at radius 3 is 2.82 bits per heavy atom. The van der Waals surface area contributed by atoms with E-state index in [0.717, 1.165) is 24.9 Å². The standard InChI is InChI=1S/C20H22N6O2/c27-19(16-8-4-13-26(14-16)20-22-10-5-11-23-20)21-12-9-17-24-18(25-28-17)15-6-2-1-3-7-15/h1-3,5-7,10-11,16H,4,8-9,12-14H2,(H,21,27)/t16-/m1/s1. The molecule has 3 aromatic rings. The molecule has 0 aliphatic carbocycles. The minimum atomic E-state index is -0.0693. The van der Waals surface area contributed by atoms with Gasteiger partial charge in [0.1, 0.15) is 0 Å². The summed E-state index contributed by atoms with van der Waals surface area (Å²) in [5.41, 5.74) is 0.909. The quantitative estimate of drug-likeness (QED) is 0.701. The zero-order chi connectivity index (χ0) is 19.2. The third-order valence-electron chi connectivity index (χ3n) is 4.77. The van der Waals surface area contributed by atoms with Gasteiger partial charge in [-0.1, -0.05) is 35.5 Å². The number of hydrogen-bond acceptors (Lipinski definition) is 7. The molecule has 1 aliphatic heterocycles. The van der Waals surface area contributed by atoms with Gasteiger partial charge in [0, 0.05) is 44.0 Å². The summed E-state index contributed by atoms with van der Waals surface area (Å²) in [5, 5.41) is 6.99. The largest absolute Gasteiger partial charge is 0.355 e. The fraction of sp³-hybridized carbons (Fsp3) is 0.350. The lowest BCUT2D eigenvalue weighted by Gasteiger charge is -2.31. The van der Waals surface area contributed by atoms with Crippen LogP contribution < -0.4 is 10.2 Å². The number of aromatic nitrogens is 4. The minimum Gasteiger partial charge on any atom is -0.355 e. The molecule has 1 aliphatic rings. The number of amides is 1. The summed E-state index contributed by atoms with van der Waals surface area (Å²) in [6.07, 6.45) is 5.76. The van der Waals surface area contributed by atoms with Crippen LogP contribution in [0, 0.1) is 5.92 Å². The molecule has 0 saturated carbocycles. The molecule has 0 radical (unpaired) electrons. The molecule has 1 aromatic carbocycles. The molecule has 8 heteroatoms. The molecule has 3 heterocycles. The van der Waals surface area contributed by atoms with Crippen LogP contribution in [0.3, 0.4) is 0 Å². The van der Waals surface area contributed by atoms with E-state index in [2.05, 4.69) is 30.3 Å². The number of piperidine rings is 1. The third kappa shape index (κ3) is 4.33.